The summed E-state index contributed by atoms with van der Waals surface area (Å²) in [5.74, 6) is -0.757. The third-order valence-electron chi connectivity index (χ3n) is 5.28. The van der Waals surface area contributed by atoms with Crippen LogP contribution in [0.25, 0.3) is 16.8 Å². The fourth-order valence-corrected chi connectivity index (χ4v) is 5.23. The summed E-state index contributed by atoms with van der Waals surface area (Å²) in [5.41, 5.74) is 2.97. The van der Waals surface area contributed by atoms with Gasteiger partial charge in [0.25, 0.3) is 10.0 Å². The van der Waals surface area contributed by atoms with Crippen molar-refractivity contribution < 1.29 is 18.3 Å². The standard InChI is InChI=1S/C27H22BrNO4S/c1-33-25-14-13-24(28)18-26(25)34(31,32)29-27(30)15-12-21-7-3-5-9-23(21)17-19-10-11-20-6-2-4-8-22(20)16-19/h2-16,18H,17H2,1H3,(H,29,30)/p-1/b15-12+. The Morgan fingerprint density at radius 3 is 2.50 bits per heavy atom. The first-order valence-electron chi connectivity index (χ1n) is 10.4. The first-order valence-corrected chi connectivity index (χ1v) is 12.7. The third kappa shape index (κ3) is 5.55. The molecule has 0 aliphatic rings. The van der Waals surface area contributed by atoms with Crippen molar-refractivity contribution in [2.24, 2.45) is 4.40 Å². The lowest BCUT2D eigenvalue weighted by Crippen LogP contribution is -2.17. The Morgan fingerprint density at radius 1 is 0.971 bits per heavy atom. The Morgan fingerprint density at radius 2 is 1.71 bits per heavy atom. The predicted molar refractivity (Wildman–Crippen MR) is 138 cm³/mol. The second-order valence-corrected chi connectivity index (χ2v) is 10.1. The van der Waals surface area contributed by atoms with Gasteiger partial charge in [-0.25, -0.2) is 0 Å². The van der Waals surface area contributed by atoms with Gasteiger partial charge in [-0.2, -0.15) is 12.8 Å². The summed E-state index contributed by atoms with van der Waals surface area (Å²) in [6.45, 7) is 0. The zero-order valence-corrected chi connectivity index (χ0v) is 20.7. The van der Waals surface area contributed by atoms with Crippen LogP contribution in [0.3, 0.4) is 0 Å². The minimum atomic E-state index is -4.24. The van der Waals surface area contributed by atoms with Crippen molar-refractivity contribution in [1.29, 1.82) is 0 Å². The number of fused-ring (bicyclic) bond motifs is 1. The van der Waals surface area contributed by atoms with Crippen molar-refractivity contribution in [3.8, 4) is 5.75 Å². The Balaban J connectivity index is 1.59. The van der Waals surface area contributed by atoms with Crippen LogP contribution < -0.4 is 9.84 Å². The highest BCUT2D eigenvalue weighted by Crippen LogP contribution is 2.28. The average molecular weight is 535 g/mol. The summed E-state index contributed by atoms with van der Waals surface area (Å²) in [6, 6.07) is 26.7. The summed E-state index contributed by atoms with van der Waals surface area (Å²) in [7, 11) is -2.88. The number of hydrogen-bond donors (Lipinski definition) is 0. The second-order valence-electron chi connectivity index (χ2n) is 7.59. The van der Waals surface area contributed by atoms with Crippen LogP contribution in [0.4, 0.5) is 0 Å². The highest BCUT2D eigenvalue weighted by Gasteiger charge is 2.18. The lowest BCUT2D eigenvalue weighted by molar-refractivity contribution is -0.211. The molecule has 0 heterocycles. The van der Waals surface area contributed by atoms with Gasteiger partial charge in [-0.3, -0.25) is 0 Å². The third-order valence-corrected chi connectivity index (χ3v) is 7.07. The molecule has 0 bridgehead atoms. The number of halogens is 1. The number of nitrogens with zero attached hydrogens (tertiary/aromatic N) is 1. The molecule has 0 aromatic heterocycles. The van der Waals surface area contributed by atoms with Gasteiger partial charge >= 0.3 is 0 Å². The van der Waals surface area contributed by atoms with Crippen molar-refractivity contribution in [1.82, 2.24) is 0 Å². The van der Waals surface area contributed by atoms with Gasteiger partial charge in [-0.1, -0.05) is 88.7 Å². The fourth-order valence-electron chi connectivity index (χ4n) is 3.64. The number of hydrogen-bond acceptors (Lipinski definition) is 4. The second kappa shape index (κ2) is 10.2. The Hall–Kier alpha value is -3.42. The van der Waals surface area contributed by atoms with Gasteiger partial charge in [0.1, 0.15) is 10.6 Å². The van der Waals surface area contributed by atoms with Crippen molar-refractivity contribution in [2.75, 3.05) is 7.11 Å². The normalized spacial score (nSPS) is 12.4. The van der Waals surface area contributed by atoms with Gasteiger partial charge in [-0.15, -0.1) is 0 Å². The average Bonchev–Trinajstić information content (AvgIpc) is 2.83. The highest BCUT2D eigenvalue weighted by molar-refractivity contribution is 9.10. The zero-order chi connectivity index (χ0) is 24.1. The number of ether oxygens (including phenoxy) is 1. The largest absolute Gasteiger partial charge is 0.858 e. The van der Waals surface area contributed by atoms with Crippen molar-refractivity contribution >= 4 is 48.7 Å². The molecule has 4 aromatic carbocycles. The van der Waals surface area contributed by atoms with Crippen LogP contribution in [-0.2, 0) is 16.4 Å². The molecule has 0 saturated carbocycles. The summed E-state index contributed by atoms with van der Waals surface area (Å²) in [6.07, 6.45) is 3.43. The maximum atomic E-state index is 12.7. The van der Waals surface area contributed by atoms with E-state index in [1.54, 1.807) is 12.1 Å². The summed E-state index contributed by atoms with van der Waals surface area (Å²) in [4.78, 5) is -0.178. The number of methoxy groups -OCH3 is 1. The maximum absolute atomic E-state index is 12.7. The fraction of sp³-hybridized carbons (Fsp3) is 0.0741. The first-order chi connectivity index (χ1) is 16.4. The van der Waals surface area contributed by atoms with E-state index in [0.717, 1.165) is 22.1 Å². The van der Waals surface area contributed by atoms with E-state index in [4.69, 9.17) is 4.74 Å². The minimum absolute atomic E-state index is 0.115. The molecule has 4 aromatic rings. The lowest BCUT2D eigenvalue weighted by Gasteiger charge is -2.10. The van der Waals surface area contributed by atoms with Crippen LogP contribution in [0.2, 0.25) is 0 Å². The molecule has 5 nitrogen and oxygen atoms in total. The van der Waals surface area contributed by atoms with E-state index in [1.165, 1.54) is 30.7 Å². The van der Waals surface area contributed by atoms with Gasteiger partial charge < -0.3 is 9.84 Å². The van der Waals surface area contributed by atoms with Gasteiger partial charge in [0, 0.05) is 10.4 Å². The molecule has 0 unspecified atom stereocenters. The monoisotopic (exact) mass is 534 g/mol. The van der Waals surface area contributed by atoms with Crippen LogP contribution in [0, 0.1) is 0 Å². The molecule has 0 atom stereocenters. The topological polar surface area (TPSA) is 78.8 Å². The Bertz CT molecular complexity index is 1510. The molecular formula is C27H21BrNO4S-. The number of benzene rings is 4. The first kappa shape index (κ1) is 23.7. The van der Waals surface area contributed by atoms with E-state index in [1.807, 2.05) is 36.4 Å². The molecule has 0 fully saturated rings. The molecule has 0 amide bonds. The van der Waals surface area contributed by atoms with Crippen molar-refractivity contribution in [3.05, 3.63) is 112 Å². The molecule has 0 N–H and O–H groups in total. The van der Waals surface area contributed by atoms with E-state index in [2.05, 4.69) is 50.7 Å². The van der Waals surface area contributed by atoms with E-state index in [-0.39, 0.29) is 10.6 Å². The van der Waals surface area contributed by atoms with Gasteiger partial charge in [0.15, 0.2) is 0 Å². The predicted octanol–water partition coefficient (Wildman–Crippen LogP) is 5.36. The van der Waals surface area contributed by atoms with Crippen LogP contribution in [0.15, 0.2) is 105 Å². The molecular weight excluding hydrogens is 514 g/mol. The molecule has 0 aliphatic heterocycles. The zero-order valence-electron chi connectivity index (χ0n) is 18.3. The van der Waals surface area contributed by atoms with E-state index in [0.29, 0.717) is 10.9 Å². The van der Waals surface area contributed by atoms with Gasteiger partial charge in [-0.05, 0) is 58.2 Å². The van der Waals surface area contributed by atoms with E-state index < -0.39 is 15.9 Å². The molecule has 0 spiro atoms. The molecule has 172 valence electrons. The van der Waals surface area contributed by atoms with Crippen molar-refractivity contribution in [2.45, 2.75) is 11.3 Å². The van der Waals surface area contributed by atoms with E-state index in [9.17, 15) is 13.5 Å². The van der Waals surface area contributed by atoms with Crippen LogP contribution in [0.5, 0.6) is 5.75 Å². The van der Waals surface area contributed by atoms with Crippen LogP contribution in [0.1, 0.15) is 16.7 Å². The lowest BCUT2D eigenvalue weighted by atomic mass is 9.97. The molecule has 4 rings (SSSR count). The van der Waals surface area contributed by atoms with E-state index >= 15 is 0 Å². The maximum Gasteiger partial charge on any atom is 0.285 e. The summed E-state index contributed by atoms with van der Waals surface area (Å²) < 4.78 is 34.4. The molecule has 0 aliphatic carbocycles. The van der Waals surface area contributed by atoms with Crippen molar-refractivity contribution in [3.63, 3.8) is 0 Å². The van der Waals surface area contributed by atoms with Gasteiger partial charge in [0.05, 0.1) is 7.11 Å². The molecule has 34 heavy (non-hydrogen) atoms. The molecule has 7 heteroatoms. The number of rotatable bonds is 7. The molecule has 0 radical (unpaired) electrons. The Kier molecular flexibility index (Phi) is 7.14. The van der Waals surface area contributed by atoms with Gasteiger partial charge in [0.2, 0.25) is 0 Å². The quantitative estimate of drug-likeness (QED) is 0.236. The minimum Gasteiger partial charge on any atom is -0.858 e. The summed E-state index contributed by atoms with van der Waals surface area (Å²) >= 11 is 3.23. The SMILES string of the molecule is COc1ccc(Br)cc1S(=O)(=O)/N=C([O-])/C=C/c1ccccc1Cc1ccc2ccccc2c1. The highest BCUT2D eigenvalue weighted by atomic mass is 79.9. The smallest absolute Gasteiger partial charge is 0.285 e. The molecule has 0 saturated heterocycles. The van der Waals surface area contributed by atoms with Crippen LogP contribution >= 0.6 is 15.9 Å². The summed E-state index contributed by atoms with van der Waals surface area (Å²) in [5, 5.41) is 14.8. The van der Waals surface area contributed by atoms with Crippen LogP contribution in [-0.4, -0.2) is 21.4 Å². The number of sulfonamides is 1. The Labute approximate surface area is 207 Å².